The van der Waals surface area contributed by atoms with Crippen LogP contribution in [0, 0.1) is 13.8 Å². The summed E-state index contributed by atoms with van der Waals surface area (Å²) in [6.45, 7) is 7.74. The molecule has 102 valence electrons. The largest absolute Gasteiger partial charge is 0.294 e. The highest BCUT2D eigenvalue weighted by atomic mass is 32.2. The fourth-order valence-electron chi connectivity index (χ4n) is 2.32. The van der Waals surface area contributed by atoms with Crippen LogP contribution in [0.4, 0.5) is 0 Å². The molecule has 0 radical (unpaired) electrons. The molecule has 0 unspecified atom stereocenters. The number of fused-ring (bicyclic) bond motifs is 1. The van der Waals surface area contributed by atoms with E-state index in [1.807, 2.05) is 39.0 Å². The van der Waals surface area contributed by atoms with Gasteiger partial charge >= 0.3 is 0 Å². The quantitative estimate of drug-likeness (QED) is 0.851. The van der Waals surface area contributed by atoms with Gasteiger partial charge in [-0.05, 0) is 53.6 Å². The molecule has 19 heavy (non-hydrogen) atoms. The first-order valence-corrected chi connectivity index (χ1v) is 7.67. The lowest BCUT2D eigenvalue weighted by Crippen LogP contribution is -2.00. The van der Waals surface area contributed by atoms with Crippen molar-refractivity contribution in [1.29, 1.82) is 0 Å². The first kappa shape index (κ1) is 14.0. The van der Waals surface area contributed by atoms with E-state index in [2.05, 4.69) is 0 Å². The Kier molecular flexibility index (Phi) is 3.41. The second-order valence-electron chi connectivity index (χ2n) is 5.25. The molecule has 4 heteroatoms. The van der Waals surface area contributed by atoms with E-state index in [-0.39, 0.29) is 10.8 Å². The maximum absolute atomic E-state index is 11.6. The summed E-state index contributed by atoms with van der Waals surface area (Å²) in [5, 5.41) is 0. The molecule has 0 heterocycles. The third-order valence-corrected chi connectivity index (χ3v) is 4.52. The monoisotopic (exact) mass is 278 g/mol. The van der Waals surface area contributed by atoms with E-state index in [0.29, 0.717) is 5.56 Å². The van der Waals surface area contributed by atoms with Gasteiger partial charge in [0.1, 0.15) is 0 Å². The zero-order valence-corrected chi connectivity index (χ0v) is 12.4. The SMILES string of the molecule is Cc1ccc2c(C)c(S(=O)(=O)O)cc(C(C)C)cc1-2. The number of hydrogen-bond donors (Lipinski definition) is 1. The van der Waals surface area contributed by atoms with Crippen LogP contribution in [0.15, 0.2) is 29.2 Å². The molecule has 2 aliphatic rings. The molecule has 0 aromatic heterocycles. The Labute approximate surface area is 114 Å². The number of aryl methyl sites for hydroxylation is 1. The summed E-state index contributed by atoms with van der Waals surface area (Å²) in [7, 11) is -4.22. The van der Waals surface area contributed by atoms with E-state index >= 15 is 0 Å². The molecule has 0 amide bonds. The molecule has 0 spiro atoms. The van der Waals surface area contributed by atoms with Crippen molar-refractivity contribution in [2.24, 2.45) is 0 Å². The standard InChI is InChI=1S/C15H18O3S/c1-9(2)12-7-14-10(3)5-6-13(14)11(4)15(8-12)19(16,17)18/h5-9H,1-4H3,(H,16,17,18). The second kappa shape index (κ2) is 4.62. The van der Waals surface area contributed by atoms with Crippen molar-refractivity contribution < 1.29 is 13.0 Å². The first-order chi connectivity index (χ1) is 8.71. The summed E-state index contributed by atoms with van der Waals surface area (Å²) in [6, 6.07) is 7.46. The molecule has 2 rings (SSSR count). The highest BCUT2D eigenvalue weighted by molar-refractivity contribution is 7.85. The Bertz CT molecular complexity index is 700. The molecule has 1 N–H and O–H groups in total. The third kappa shape index (κ3) is 2.51. The Morgan fingerprint density at radius 1 is 1.05 bits per heavy atom. The van der Waals surface area contributed by atoms with Crippen molar-refractivity contribution in [1.82, 2.24) is 0 Å². The molecule has 2 aliphatic carbocycles. The Balaban J connectivity index is 2.93. The van der Waals surface area contributed by atoms with Gasteiger partial charge in [-0.2, -0.15) is 8.42 Å². The van der Waals surface area contributed by atoms with Gasteiger partial charge in [0.2, 0.25) is 0 Å². The van der Waals surface area contributed by atoms with Gasteiger partial charge in [-0.25, -0.2) is 0 Å². The zero-order chi connectivity index (χ0) is 14.4. The summed E-state index contributed by atoms with van der Waals surface area (Å²) in [5.41, 5.74) is 4.52. The topological polar surface area (TPSA) is 54.4 Å². The smallest absolute Gasteiger partial charge is 0.282 e. The van der Waals surface area contributed by atoms with Crippen LogP contribution >= 0.6 is 0 Å². The molecule has 0 saturated carbocycles. The lowest BCUT2D eigenvalue weighted by atomic mass is 10.0. The molecule has 0 aliphatic heterocycles. The van der Waals surface area contributed by atoms with Gasteiger partial charge < -0.3 is 0 Å². The van der Waals surface area contributed by atoms with Gasteiger partial charge in [-0.15, -0.1) is 0 Å². The molecular weight excluding hydrogens is 260 g/mol. The van der Waals surface area contributed by atoms with Crippen molar-refractivity contribution in [3.05, 3.63) is 41.0 Å². The Hall–Kier alpha value is -1.39. The van der Waals surface area contributed by atoms with E-state index in [0.717, 1.165) is 22.3 Å². The van der Waals surface area contributed by atoms with E-state index in [1.54, 1.807) is 13.0 Å². The van der Waals surface area contributed by atoms with Crippen LogP contribution in [0.1, 0.15) is 36.5 Å². The molecular formula is C15H18O3S. The van der Waals surface area contributed by atoms with Crippen LogP contribution in [0.5, 0.6) is 0 Å². The van der Waals surface area contributed by atoms with E-state index in [9.17, 15) is 13.0 Å². The lowest BCUT2D eigenvalue weighted by Gasteiger charge is -2.03. The van der Waals surface area contributed by atoms with Crippen LogP contribution in [-0.2, 0) is 10.1 Å². The van der Waals surface area contributed by atoms with Crippen molar-refractivity contribution in [3.63, 3.8) is 0 Å². The van der Waals surface area contributed by atoms with E-state index < -0.39 is 10.1 Å². The Morgan fingerprint density at radius 2 is 1.68 bits per heavy atom. The third-order valence-electron chi connectivity index (χ3n) is 3.54. The maximum atomic E-state index is 11.6. The molecule has 0 bridgehead atoms. The number of rotatable bonds is 2. The number of hydrogen-bond acceptors (Lipinski definition) is 2. The van der Waals surface area contributed by atoms with Gasteiger partial charge in [-0.3, -0.25) is 4.55 Å². The van der Waals surface area contributed by atoms with Crippen LogP contribution in [-0.4, -0.2) is 13.0 Å². The van der Waals surface area contributed by atoms with Crippen molar-refractivity contribution in [2.75, 3.05) is 0 Å². The fraction of sp³-hybridized carbons (Fsp3) is 0.333. The van der Waals surface area contributed by atoms with Gasteiger partial charge in [0, 0.05) is 0 Å². The van der Waals surface area contributed by atoms with E-state index in [1.165, 1.54) is 0 Å². The van der Waals surface area contributed by atoms with Crippen molar-refractivity contribution in [3.8, 4) is 11.1 Å². The minimum atomic E-state index is -4.22. The summed E-state index contributed by atoms with van der Waals surface area (Å²) in [4.78, 5) is -0.00296. The average molecular weight is 278 g/mol. The summed E-state index contributed by atoms with van der Waals surface area (Å²) >= 11 is 0. The highest BCUT2D eigenvalue weighted by Gasteiger charge is 2.20. The lowest BCUT2D eigenvalue weighted by molar-refractivity contribution is 0.482. The molecule has 0 aromatic rings. The summed E-state index contributed by atoms with van der Waals surface area (Å²) in [6.07, 6.45) is 0. The van der Waals surface area contributed by atoms with Gasteiger partial charge in [-0.1, -0.05) is 32.0 Å². The molecule has 0 fully saturated rings. The summed E-state index contributed by atoms with van der Waals surface area (Å²) in [5.74, 6) is 0.185. The van der Waals surface area contributed by atoms with Crippen molar-refractivity contribution >= 4 is 10.1 Å². The first-order valence-electron chi connectivity index (χ1n) is 6.23. The van der Waals surface area contributed by atoms with E-state index in [4.69, 9.17) is 0 Å². The van der Waals surface area contributed by atoms with Crippen LogP contribution in [0.2, 0.25) is 0 Å². The maximum Gasteiger partial charge on any atom is 0.294 e. The predicted molar refractivity (Wildman–Crippen MR) is 76.4 cm³/mol. The molecule has 0 saturated heterocycles. The molecule has 0 aromatic carbocycles. The zero-order valence-electron chi connectivity index (χ0n) is 11.6. The van der Waals surface area contributed by atoms with Gasteiger partial charge in [0.25, 0.3) is 10.1 Å². The molecule has 3 nitrogen and oxygen atoms in total. The van der Waals surface area contributed by atoms with Crippen LogP contribution < -0.4 is 0 Å². The van der Waals surface area contributed by atoms with Crippen LogP contribution in [0.3, 0.4) is 0 Å². The van der Waals surface area contributed by atoms with Crippen molar-refractivity contribution in [2.45, 2.75) is 38.5 Å². The minimum absolute atomic E-state index is 0.00296. The fourth-order valence-corrected chi connectivity index (χ4v) is 3.10. The second-order valence-corrected chi connectivity index (χ2v) is 6.64. The highest BCUT2D eigenvalue weighted by Crippen LogP contribution is 2.35. The van der Waals surface area contributed by atoms with Gasteiger partial charge in [0.05, 0.1) is 4.90 Å². The molecule has 0 atom stereocenters. The Morgan fingerprint density at radius 3 is 2.21 bits per heavy atom. The van der Waals surface area contributed by atoms with Gasteiger partial charge in [0.15, 0.2) is 0 Å². The predicted octanol–water partition coefficient (Wildman–Crippen LogP) is 3.78. The summed E-state index contributed by atoms with van der Waals surface area (Å²) < 4.78 is 32.6. The average Bonchev–Trinajstić information content (AvgIpc) is 2.54. The van der Waals surface area contributed by atoms with Crippen LogP contribution in [0.25, 0.3) is 11.1 Å². The normalized spacial score (nSPS) is 12.3. The minimum Gasteiger partial charge on any atom is -0.282 e.